The average Bonchev–Trinajstić information content (AvgIpc) is 3.26. The molecule has 1 fully saturated rings. The number of nitrogens with zero attached hydrogens (tertiary/aromatic N) is 2. The molecule has 0 aliphatic carbocycles. The van der Waals surface area contributed by atoms with Gasteiger partial charge in [0.2, 0.25) is 5.91 Å². The van der Waals surface area contributed by atoms with Gasteiger partial charge in [-0.2, -0.15) is 0 Å². The van der Waals surface area contributed by atoms with Crippen molar-refractivity contribution in [1.82, 2.24) is 9.80 Å². The highest BCUT2D eigenvalue weighted by Crippen LogP contribution is 2.41. The zero-order valence-electron chi connectivity index (χ0n) is 20.5. The maximum absolute atomic E-state index is 13.0. The first kappa shape index (κ1) is 23.7. The number of hydrogen-bond acceptors (Lipinski definition) is 6. The summed E-state index contributed by atoms with van der Waals surface area (Å²) in [6.45, 7) is 7.64. The molecule has 0 N–H and O–H groups in total. The first-order valence-electron chi connectivity index (χ1n) is 11.5. The van der Waals surface area contributed by atoms with Gasteiger partial charge in [0.1, 0.15) is 22.8 Å². The molecule has 1 aliphatic rings. The van der Waals surface area contributed by atoms with Crippen molar-refractivity contribution in [1.29, 1.82) is 0 Å². The van der Waals surface area contributed by atoms with Crippen molar-refractivity contribution >= 4 is 22.4 Å². The van der Waals surface area contributed by atoms with Crippen molar-refractivity contribution in [2.75, 3.05) is 54.1 Å². The molecular formula is C27H32N2O5. The summed E-state index contributed by atoms with van der Waals surface area (Å²) in [5.74, 6) is 2.16. The predicted molar refractivity (Wildman–Crippen MR) is 134 cm³/mol. The van der Waals surface area contributed by atoms with Crippen LogP contribution < -0.4 is 14.2 Å². The topological polar surface area (TPSA) is 64.4 Å². The van der Waals surface area contributed by atoms with Crippen LogP contribution in [0.2, 0.25) is 0 Å². The quantitative estimate of drug-likeness (QED) is 0.473. The second-order valence-electron chi connectivity index (χ2n) is 8.45. The van der Waals surface area contributed by atoms with Crippen LogP contribution in [0, 0.1) is 0 Å². The molecule has 7 heteroatoms. The highest BCUT2D eigenvalue weighted by molar-refractivity contribution is 6.01. The summed E-state index contributed by atoms with van der Waals surface area (Å²) in [6, 6.07) is 9.59. The number of allylic oxidation sites excluding steroid dienone is 1. The Labute approximate surface area is 200 Å². The number of ether oxygens (including phenoxy) is 3. The average molecular weight is 465 g/mol. The summed E-state index contributed by atoms with van der Waals surface area (Å²) in [5.41, 5.74) is 4.16. The largest absolute Gasteiger partial charge is 0.497 e. The molecule has 0 unspecified atom stereocenters. The van der Waals surface area contributed by atoms with E-state index < -0.39 is 0 Å². The smallest absolute Gasteiger partial charge is 0.246 e. The van der Waals surface area contributed by atoms with Crippen molar-refractivity contribution in [2.24, 2.45) is 0 Å². The van der Waals surface area contributed by atoms with Crippen LogP contribution in [0.4, 0.5) is 0 Å². The molecule has 4 rings (SSSR count). The third-order valence-corrected chi connectivity index (χ3v) is 6.25. The molecule has 1 saturated heterocycles. The lowest BCUT2D eigenvalue weighted by Crippen LogP contribution is -2.46. The van der Waals surface area contributed by atoms with Crippen LogP contribution in [-0.2, 0) is 4.79 Å². The summed E-state index contributed by atoms with van der Waals surface area (Å²) in [4.78, 5) is 17.1. The number of fused-ring (bicyclic) bond motifs is 1. The van der Waals surface area contributed by atoms with Crippen LogP contribution in [0.1, 0.15) is 19.4 Å². The number of furan rings is 1. The van der Waals surface area contributed by atoms with E-state index in [0.717, 1.165) is 65.3 Å². The number of methoxy groups -OCH3 is 2. The van der Waals surface area contributed by atoms with Gasteiger partial charge in [0.25, 0.3) is 0 Å². The van der Waals surface area contributed by atoms with Crippen molar-refractivity contribution in [3.8, 4) is 28.4 Å². The summed E-state index contributed by atoms with van der Waals surface area (Å²) in [5, 5.41) is 0.907. The van der Waals surface area contributed by atoms with Crippen molar-refractivity contribution in [2.45, 2.75) is 13.8 Å². The van der Waals surface area contributed by atoms with Gasteiger partial charge in [-0.05, 0) is 50.7 Å². The third kappa shape index (κ3) is 4.75. The van der Waals surface area contributed by atoms with Crippen LogP contribution in [0.3, 0.4) is 0 Å². The number of hydrogen-bond donors (Lipinski definition) is 0. The first-order chi connectivity index (χ1) is 16.4. The minimum Gasteiger partial charge on any atom is -0.497 e. The monoisotopic (exact) mass is 464 g/mol. The molecule has 1 amide bonds. The zero-order valence-corrected chi connectivity index (χ0v) is 20.5. The minimum absolute atomic E-state index is 0.0232. The van der Waals surface area contributed by atoms with E-state index in [1.165, 1.54) is 0 Å². The fourth-order valence-corrected chi connectivity index (χ4v) is 4.25. The van der Waals surface area contributed by atoms with Gasteiger partial charge in [-0.3, -0.25) is 4.79 Å². The lowest BCUT2D eigenvalue weighted by atomic mass is 9.98. The lowest BCUT2D eigenvalue weighted by molar-refractivity contribution is -0.127. The summed E-state index contributed by atoms with van der Waals surface area (Å²) in [7, 11) is 5.35. The Morgan fingerprint density at radius 3 is 2.47 bits per heavy atom. The number of carbonyl (C=O) groups is 1. The summed E-state index contributed by atoms with van der Waals surface area (Å²) >= 11 is 0. The number of rotatable bonds is 7. The Morgan fingerprint density at radius 1 is 1.03 bits per heavy atom. The predicted octanol–water partition coefficient (Wildman–Crippen LogP) is 4.69. The zero-order chi connectivity index (χ0) is 24.2. The highest BCUT2D eigenvalue weighted by atomic mass is 16.5. The maximum Gasteiger partial charge on any atom is 0.246 e. The summed E-state index contributed by atoms with van der Waals surface area (Å²) in [6.07, 6.45) is 3.43. The maximum atomic E-state index is 13.0. The molecule has 34 heavy (non-hydrogen) atoms. The van der Waals surface area contributed by atoms with Crippen LogP contribution in [-0.4, -0.2) is 69.8 Å². The highest BCUT2D eigenvalue weighted by Gasteiger charge is 2.20. The Hall–Kier alpha value is -3.45. The SMILES string of the molecule is CCOc1cc2occ(-c3cc(OC)ccc3OC)c2cc1/C(C)=C/C(=O)N1CCN(C)CC1. The molecule has 0 bridgehead atoms. The lowest BCUT2D eigenvalue weighted by Gasteiger charge is -2.31. The van der Waals surface area contributed by atoms with E-state index in [1.807, 2.05) is 49.1 Å². The molecule has 3 aromatic rings. The van der Waals surface area contributed by atoms with Crippen molar-refractivity contribution in [3.05, 3.63) is 48.2 Å². The third-order valence-electron chi connectivity index (χ3n) is 6.25. The van der Waals surface area contributed by atoms with Crippen LogP contribution >= 0.6 is 0 Å². The van der Waals surface area contributed by atoms with E-state index in [2.05, 4.69) is 11.9 Å². The summed E-state index contributed by atoms with van der Waals surface area (Å²) < 4.78 is 22.9. The molecule has 7 nitrogen and oxygen atoms in total. The second-order valence-corrected chi connectivity index (χ2v) is 8.45. The molecule has 2 heterocycles. The van der Waals surface area contributed by atoms with E-state index in [-0.39, 0.29) is 5.91 Å². The number of piperazine rings is 1. The van der Waals surface area contributed by atoms with Crippen LogP contribution in [0.15, 0.2) is 47.1 Å². The molecule has 1 aromatic heterocycles. The van der Waals surface area contributed by atoms with Gasteiger partial charge < -0.3 is 28.4 Å². The molecule has 0 radical (unpaired) electrons. The molecule has 180 valence electrons. The van der Waals surface area contributed by atoms with Crippen LogP contribution in [0.5, 0.6) is 17.2 Å². The minimum atomic E-state index is 0.0232. The van der Waals surface area contributed by atoms with Gasteiger partial charge >= 0.3 is 0 Å². The molecule has 0 spiro atoms. The molecule has 0 atom stereocenters. The molecule has 1 aliphatic heterocycles. The van der Waals surface area contributed by atoms with E-state index in [0.29, 0.717) is 17.9 Å². The van der Waals surface area contributed by atoms with Crippen molar-refractivity contribution < 1.29 is 23.4 Å². The van der Waals surface area contributed by atoms with Gasteiger partial charge in [-0.25, -0.2) is 0 Å². The van der Waals surface area contributed by atoms with Crippen LogP contribution in [0.25, 0.3) is 27.7 Å². The number of amides is 1. The Morgan fingerprint density at radius 2 is 1.79 bits per heavy atom. The van der Waals surface area contributed by atoms with Crippen molar-refractivity contribution in [3.63, 3.8) is 0 Å². The standard InChI is InChI=1S/C27H32N2O5/c1-6-33-25-16-26-22(23(17-34-26)21-14-19(31-4)7-8-24(21)32-5)15-20(25)18(2)13-27(30)29-11-9-28(3)10-12-29/h7-8,13-17H,6,9-12H2,1-5H3/b18-13+. The molecule has 0 saturated carbocycles. The number of benzene rings is 2. The first-order valence-corrected chi connectivity index (χ1v) is 11.5. The van der Waals surface area contributed by atoms with Gasteiger partial charge in [0, 0.05) is 60.4 Å². The second kappa shape index (κ2) is 10.2. The van der Waals surface area contributed by atoms with E-state index >= 15 is 0 Å². The Balaban J connectivity index is 1.78. The van der Waals surface area contributed by atoms with E-state index in [1.54, 1.807) is 26.6 Å². The Kier molecular flexibility index (Phi) is 7.12. The van der Waals surface area contributed by atoms with E-state index in [4.69, 9.17) is 18.6 Å². The van der Waals surface area contributed by atoms with E-state index in [9.17, 15) is 4.79 Å². The normalized spacial score (nSPS) is 15.0. The number of carbonyl (C=O) groups excluding carboxylic acids is 1. The van der Waals surface area contributed by atoms with Gasteiger partial charge in [-0.1, -0.05) is 0 Å². The van der Waals surface area contributed by atoms with Gasteiger partial charge in [0.05, 0.1) is 27.1 Å². The van der Waals surface area contributed by atoms with Gasteiger partial charge in [-0.15, -0.1) is 0 Å². The van der Waals surface area contributed by atoms with Gasteiger partial charge in [0.15, 0.2) is 0 Å². The molecular weight excluding hydrogens is 432 g/mol. The fourth-order valence-electron chi connectivity index (χ4n) is 4.25. The fraction of sp³-hybridized carbons (Fsp3) is 0.370. The number of likely N-dealkylation sites (N-methyl/N-ethyl adjacent to an activating group) is 1. The molecule has 2 aromatic carbocycles. The Bertz CT molecular complexity index is 1210.